The van der Waals surface area contributed by atoms with Gasteiger partial charge in [0.25, 0.3) is 0 Å². The van der Waals surface area contributed by atoms with Gasteiger partial charge in [0.1, 0.15) is 11.6 Å². The number of aromatic amines is 1. The van der Waals surface area contributed by atoms with Crippen molar-refractivity contribution in [3.8, 4) is 17.3 Å². The van der Waals surface area contributed by atoms with Gasteiger partial charge in [0.15, 0.2) is 0 Å². The average molecular weight is 425 g/mol. The number of benzene rings is 2. The van der Waals surface area contributed by atoms with Crippen molar-refractivity contribution in [2.75, 3.05) is 6.54 Å². The first-order chi connectivity index (χ1) is 14.4. The Morgan fingerprint density at radius 2 is 2.07 bits per heavy atom. The van der Waals surface area contributed by atoms with Crippen LogP contribution in [0.2, 0.25) is 0 Å². The monoisotopic (exact) mass is 424 g/mol. The number of halogens is 1. The summed E-state index contributed by atoms with van der Waals surface area (Å²) in [6.45, 7) is 2.09. The first-order valence-corrected chi connectivity index (χ1v) is 11.2. The van der Waals surface area contributed by atoms with Crippen LogP contribution < -0.4 is 0 Å². The Morgan fingerprint density at radius 3 is 2.80 bits per heavy atom. The molecule has 1 atom stereocenters. The number of hydrogen-bond acceptors (Lipinski definition) is 4. The van der Waals surface area contributed by atoms with E-state index in [-0.39, 0.29) is 10.7 Å². The highest BCUT2D eigenvalue weighted by Crippen LogP contribution is 2.36. The van der Waals surface area contributed by atoms with Crippen molar-refractivity contribution in [1.82, 2.24) is 14.3 Å². The second kappa shape index (κ2) is 8.01. The summed E-state index contributed by atoms with van der Waals surface area (Å²) in [5, 5.41) is 9.06. The van der Waals surface area contributed by atoms with Gasteiger partial charge in [0, 0.05) is 12.1 Å². The number of nitriles is 1. The van der Waals surface area contributed by atoms with Gasteiger partial charge in [-0.05, 0) is 55.7 Å². The fourth-order valence-corrected chi connectivity index (χ4v) is 5.78. The Bertz CT molecular complexity index is 1230. The number of hydrogen-bond donors (Lipinski definition) is 1. The molecule has 1 N–H and O–H groups in total. The summed E-state index contributed by atoms with van der Waals surface area (Å²) >= 11 is 0. The number of aromatic nitrogens is 2. The van der Waals surface area contributed by atoms with Gasteiger partial charge >= 0.3 is 0 Å². The van der Waals surface area contributed by atoms with E-state index in [1.54, 1.807) is 31.3 Å². The van der Waals surface area contributed by atoms with E-state index in [0.717, 1.165) is 12.8 Å². The maximum Gasteiger partial charge on any atom is 0.244 e. The van der Waals surface area contributed by atoms with E-state index in [2.05, 4.69) is 9.97 Å². The molecule has 2 aromatic carbocycles. The SMILES string of the molecule is Cc1cc(C#N)ccc1S(=O)(=O)N1CCCC[C@H]1c1ncc(-c2cccc(F)c2)[nH]1. The molecule has 0 amide bonds. The molecule has 8 heteroatoms. The minimum absolute atomic E-state index is 0.199. The molecule has 0 spiro atoms. The number of piperidine rings is 1. The topological polar surface area (TPSA) is 89.8 Å². The lowest BCUT2D eigenvalue weighted by Crippen LogP contribution is -2.39. The first kappa shape index (κ1) is 20.3. The minimum atomic E-state index is -3.77. The van der Waals surface area contributed by atoms with E-state index in [9.17, 15) is 12.8 Å². The van der Waals surface area contributed by atoms with Crippen molar-refractivity contribution < 1.29 is 12.8 Å². The van der Waals surface area contributed by atoms with Gasteiger partial charge < -0.3 is 4.98 Å². The molecule has 1 fully saturated rings. The number of sulfonamides is 1. The smallest absolute Gasteiger partial charge is 0.244 e. The number of nitrogens with zero attached hydrogens (tertiary/aromatic N) is 3. The standard InChI is InChI=1S/C22H21FN4O2S/c1-15-11-16(13-24)8-9-21(15)30(28,29)27-10-3-2-7-20(27)22-25-14-19(26-22)17-5-4-6-18(23)12-17/h4-6,8-9,11-12,14,20H,2-3,7,10H2,1H3,(H,25,26)/t20-/m0/s1. The highest BCUT2D eigenvalue weighted by atomic mass is 32.2. The summed E-state index contributed by atoms with van der Waals surface area (Å²) in [4.78, 5) is 7.81. The summed E-state index contributed by atoms with van der Waals surface area (Å²) < 4.78 is 42.0. The van der Waals surface area contributed by atoms with Gasteiger partial charge in [-0.15, -0.1) is 0 Å². The normalized spacial score (nSPS) is 17.6. The summed E-state index contributed by atoms with van der Waals surface area (Å²) in [7, 11) is -3.77. The van der Waals surface area contributed by atoms with Crippen LogP contribution in [-0.4, -0.2) is 29.2 Å². The van der Waals surface area contributed by atoms with E-state index in [4.69, 9.17) is 5.26 Å². The van der Waals surface area contributed by atoms with E-state index >= 15 is 0 Å². The largest absolute Gasteiger partial charge is 0.341 e. The van der Waals surface area contributed by atoms with E-state index in [0.29, 0.717) is 41.2 Å². The molecule has 1 aliphatic heterocycles. The Morgan fingerprint density at radius 1 is 1.23 bits per heavy atom. The maximum atomic E-state index is 13.6. The molecule has 2 heterocycles. The van der Waals surface area contributed by atoms with Crippen LogP contribution in [0.3, 0.4) is 0 Å². The Balaban J connectivity index is 1.69. The molecule has 4 rings (SSSR count). The predicted octanol–water partition coefficient (Wildman–Crippen LogP) is 4.31. The molecule has 0 saturated carbocycles. The van der Waals surface area contributed by atoms with Crippen LogP contribution in [0, 0.1) is 24.1 Å². The fourth-order valence-electron chi connectivity index (χ4n) is 3.91. The lowest BCUT2D eigenvalue weighted by Gasteiger charge is -2.33. The zero-order chi connectivity index (χ0) is 21.3. The highest BCUT2D eigenvalue weighted by Gasteiger charge is 2.36. The summed E-state index contributed by atoms with van der Waals surface area (Å²) in [5.41, 5.74) is 2.26. The molecule has 1 aliphatic rings. The third-order valence-electron chi connectivity index (χ3n) is 5.39. The lowest BCUT2D eigenvalue weighted by atomic mass is 10.0. The van der Waals surface area contributed by atoms with Crippen molar-refractivity contribution >= 4 is 10.0 Å². The van der Waals surface area contributed by atoms with E-state index in [1.807, 2.05) is 6.07 Å². The van der Waals surface area contributed by atoms with Crippen LogP contribution in [-0.2, 0) is 10.0 Å². The van der Waals surface area contributed by atoms with Gasteiger partial charge in [-0.3, -0.25) is 0 Å². The molecule has 1 saturated heterocycles. The molecule has 6 nitrogen and oxygen atoms in total. The van der Waals surface area contributed by atoms with Crippen molar-refractivity contribution in [1.29, 1.82) is 5.26 Å². The van der Waals surface area contributed by atoms with Crippen LogP contribution in [0.5, 0.6) is 0 Å². The van der Waals surface area contributed by atoms with Gasteiger partial charge in [0.2, 0.25) is 10.0 Å². The molecule has 0 aliphatic carbocycles. The molecular weight excluding hydrogens is 403 g/mol. The number of H-pyrrole nitrogens is 1. The molecule has 30 heavy (non-hydrogen) atoms. The fraction of sp³-hybridized carbons (Fsp3) is 0.273. The summed E-state index contributed by atoms with van der Waals surface area (Å²) in [6.07, 6.45) is 3.91. The average Bonchev–Trinajstić information content (AvgIpc) is 3.23. The van der Waals surface area contributed by atoms with Crippen molar-refractivity contribution in [2.45, 2.75) is 37.1 Å². The van der Waals surface area contributed by atoms with Gasteiger partial charge in [-0.25, -0.2) is 17.8 Å². The third kappa shape index (κ3) is 3.74. The Kier molecular flexibility index (Phi) is 5.41. The lowest BCUT2D eigenvalue weighted by molar-refractivity contribution is 0.247. The number of rotatable bonds is 4. The van der Waals surface area contributed by atoms with Crippen molar-refractivity contribution in [2.24, 2.45) is 0 Å². The molecule has 0 bridgehead atoms. The third-order valence-corrected chi connectivity index (χ3v) is 7.46. The van der Waals surface area contributed by atoms with Crippen molar-refractivity contribution in [3.05, 3.63) is 71.4 Å². The second-order valence-electron chi connectivity index (χ2n) is 7.41. The van der Waals surface area contributed by atoms with Gasteiger partial charge in [0.05, 0.1) is 34.5 Å². The quantitative estimate of drug-likeness (QED) is 0.676. The highest BCUT2D eigenvalue weighted by molar-refractivity contribution is 7.89. The molecule has 3 aromatic rings. The Labute approximate surface area is 175 Å². The van der Waals surface area contributed by atoms with Crippen LogP contribution >= 0.6 is 0 Å². The maximum absolute atomic E-state index is 13.6. The van der Waals surface area contributed by atoms with Crippen LogP contribution in [0.15, 0.2) is 53.6 Å². The second-order valence-corrected chi connectivity index (χ2v) is 9.27. The van der Waals surface area contributed by atoms with E-state index in [1.165, 1.54) is 28.6 Å². The first-order valence-electron chi connectivity index (χ1n) is 9.73. The van der Waals surface area contributed by atoms with Gasteiger partial charge in [-0.2, -0.15) is 9.57 Å². The number of imidazole rings is 1. The number of aryl methyl sites for hydroxylation is 1. The van der Waals surface area contributed by atoms with Crippen LogP contribution in [0.4, 0.5) is 4.39 Å². The molecular formula is C22H21FN4O2S. The Hall–Kier alpha value is -3.02. The van der Waals surface area contributed by atoms with E-state index < -0.39 is 16.1 Å². The zero-order valence-corrected chi connectivity index (χ0v) is 17.3. The van der Waals surface area contributed by atoms with Crippen LogP contribution in [0.1, 0.15) is 42.3 Å². The summed E-state index contributed by atoms with van der Waals surface area (Å²) in [6, 6.07) is 12.4. The molecule has 1 aromatic heterocycles. The van der Waals surface area contributed by atoms with Crippen LogP contribution in [0.25, 0.3) is 11.3 Å². The number of nitrogens with one attached hydrogen (secondary N) is 1. The molecule has 0 radical (unpaired) electrons. The van der Waals surface area contributed by atoms with Gasteiger partial charge in [-0.1, -0.05) is 18.6 Å². The molecule has 0 unspecified atom stereocenters. The zero-order valence-electron chi connectivity index (χ0n) is 16.5. The minimum Gasteiger partial charge on any atom is -0.341 e. The van der Waals surface area contributed by atoms with Crippen molar-refractivity contribution in [3.63, 3.8) is 0 Å². The predicted molar refractivity (Wildman–Crippen MR) is 110 cm³/mol. The molecule has 154 valence electrons. The summed E-state index contributed by atoms with van der Waals surface area (Å²) in [5.74, 6) is 0.200.